The quantitative estimate of drug-likeness (QED) is 0.385. The van der Waals surface area contributed by atoms with Crippen molar-refractivity contribution in [2.45, 2.75) is 9.98 Å². The van der Waals surface area contributed by atoms with Gasteiger partial charge in [-0.1, -0.05) is 0 Å². The van der Waals surface area contributed by atoms with Crippen molar-refractivity contribution in [1.82, 2.24) is 0 Å². The van der Waals surface area contributed by atoms with Gasteiger partial charge in [0.1, 0.15) is 0 Å². The molecule has 8 heteroatoms. The summed E-state index contributed by atoms with van der Waals surface area (Å²) in [5.41, 5.74) is -2.53. The monoisotopic (exact) mass is 432 g/mol. The molecule has 2 nitrogen and oxygen atoms in total. The molecule has 0 N–H and O–H groups in total. The molecule has 128 valence electrons. The van der Waals surface area contributed by atoms with E-state index < -0.39 is 5.49 Å². The number of fused-ring (bicyclic) bond motifs is 1. The van der Waals surface area contributed by atoms with Crippen LogP contribution in [-0.2, 0) is 0 Å². The number of thiol groups is 2. The van der Waals surface area contributed by atoms with Gasteiger partial charge in [0.15, 0.2) is 0 Å². The van der Waals surface area contributed by atoms with Gasteiger partial charge in [-0.05, 0) is 0 Å². The van der Waals surface area contributed by atoms with Crippen molar-refractivity contribution in [2.75, 3.05) is 14.2 Å². The maximum atomic E-state index is 5.57. The van der Waals surface area contributed by atoms with Gasteiger partial charge in [-0.2, -0.15) is 0 Å². The summed E-state index contributed by atoms with van der Waals surface area (Å²) in [5, 5.41) is 2.71. The molecule has 3 unspecified atom stereocenters. The molecule has 3 aliphatic heterocycles. The summed E-state index contributed by atoms with van der Waals surface area (Å²) in [6, 6.07) is 17.1. The van der Waals surface area contributed by atoms with Gasteiger partial charge in [-0.15, -0.1) is 0 Å². The zero-order chi connectivity index (χ0) is 17.0. The van der Waals surface area contributed by atoms with Gasteiger partial charge in [-0.3, -0.25) is 0 Å². The SMILES string of the molecule is COc1ccc(P2(S)(c3ccc(OC)cc3)C3SSP2C3S)cc1. The van der Waals surface area contributed by atoms with Crippen LogP contribution in [0.1, 0.15) is 0 Å². The molecule has 3 aliphatic rings. The third-order valence-electron chi connectivity index (χ3n) is 4.74. The second-order valence-electron chi connectivity index (χ2n) is 5.76. The average molecular weight is 433 g/mol. The normalized spacial score (nSPS) is 30.7. The van der Waals surface area contributed by atoms with Crippen molar-refractivity contribution in [2.24, 2.45) is 0 Å². The Morgan fingerprint density at radius 2 is 1.38 bits per heavy atom. The topological polar surface area (TPSA) is 18.5 Å². The number of hydrogen-bond donors (Lipinski definition) is 2. The Kier molecular flexibility index (Phi) is 4.56. The van der Waals surface area contributed by atoms with Crippen molar-refractivity contribution in [3.05, 3.63) is 48.5 Å². The van der Waals surface area contributed by atoms with Gasteiger partial charge in [0.05, 0.1) is 0 Å². The minimum absolute atomic E-state index is 0.336. The Morgan fingerprint density at radius 3 is 1.67 bits per heavy atom. The zero-order valence-corrected chi connectivity index (χ0v) is 18.4. The van der Waals surface area contributed by atoms with Gasteiger partial charge in [0.25, 0.3) is 0 Å². The molecule has 0 saturated carbocycles. The van der Waals surface area contributed by atoms with E-state index in [1.165, 1.54) is 10.6 Å². The molecular formula is C16H18O2P2S4. The van der Waals surface area contributed by atoms with E-state index in [-0.39, 0.29) is 6.81 Å². The van der Waals surface area contributed by atoms with E-state index in [0.717, 1.165) is 11.5 Å². The molecule has 0 aromatic heterocycles. The van der Waals surface area contributed by atoms with Crippen molar-refractivity contribution in [3.8, 4) is 11.5 Å². The van der Waals surface area contributed by atoms with Crippen LogP contribution in [0.5, 0.6) is 11.5 Å². The molecule has 0 aliphatic carbocycles. The number of rotatable bonds is 4. The molecule has 24 heavy (non-hydrogen) atoms. The average Bonchev–Trinajstić information content (AvgIpc) is 3.21. The molecule has 2 aromatic carbocycles. The third kappa shape index (κ3) is 2.11. The Bertz CT molecular complexity index is 705. The van der Waals surface area contributed by atoms with Gasteiger partial charge in [-0.25, -0.2) is 0 Å². The predicted octanol–water partition coefficient (Wildman–Crippen LogP) is 5.36. The van der Waals surface area contributed by atoms with Crippen molar-refractivity contribution >= 4 is 69.0 Å². The fourth-order valence-corrected chi connectivity index (χ4v) is 45.7. The van der Waals surface area contributed by atoms with Crippen LogP contribution in [0.15, 0.2) is 48.5 Å². The van der Waals surface area contributed by atoms with Gasteiger partial charge >= 0.3 is 163 Å². The van der Waals surface area contributed by atoms with Crippen LogP contribution in [-0.4, -0.2) is 24.2 Å². The molecule has 2 aromatic rings. The van der Waals surface area contributed by atoms with Gasteiger partial charge in [0.2, 0.25) is 0 Å². The maximum absolute atomic E-state index is 5.57. The molecule has 3 heterocycles. The summed E-state index contributed by atoms with van der Waals surface area (Å²) >= 11 is 10.5. The van der Waals surface area contributed by atoms with E-state index in [1.807, 2.05) is 21.2 Å². The van der Waals surface area contributed by atoms with E-state index in [1.54, 1.807) is 14.2 Å². The van der Waals surface area contributed by atoms with Crippen LogP contribution in [0, 0.1) is 0 Å². The number of hydrogen-bond acceptors (Lipinski definition) is 6. The van der Waals surface area contributed by atoms with Crippen LogP contribution in [0.2, 0.25) is 0 Å². The summed E-state index contributed by atoms with van der Waals surface area (Å²) < 4.78 is 10.7. The van der Waals surface area contributed by atoms with Gasteiger partial charge < -0.3 is 0 Å². The molecule has 2 bridgehead atoms. The first-order chi connectivity index (χ1) is 11.5. The van der Waals surface area contributed by atoms with Crippen molar-refractivity contribution in [1.29, 1.82) is 0 Å². The summed E-state index contributed by atoms with van der Waals surface area (Å²) in [5.74, 6) is 1.77. The van der Waals surface area contributed by atoms with Gasteiger partial charge in [0, 0.05) is 0 Å². The summed E-state index contributed by atoms with van der Waals surface area (Å²) in [6.45, 7) is -0.336. The van der Waals surface area contributed by atoms with Crippen LogP contribution in [0.4, 0.5) is 0 Å². The number of ether oxygens (including phenoxy) is 2. The molecule has 3 saturated heterocycles. The molecule has 3 fully saturated rings. The van der Waals surface area contributed by atoms with Crippen molar-refractivity contribution < 1.29 is 9.47 Å². The Morgan fingerprint density at radius 1 is 0.917 bits per heavy atom. The number of benzene rings is 2. The Hall–Kier alpha value is 0.300. The van der Waals surface area contributed by atoms with Crippen LogP contribution in [0.25, 0.3) is 0 Å². The second kappa shape index (κ2) is 6.18. The number of methoxy groups -OCH3 is 2. The molecule has 0 amide bonds. The Balaban J connectivity index is 1.91. The zero-order valence-electron chi connectivity index (χ0n) is 13.2. The van der Waals surface area contributed by atoms with Crippen LogP contribution < -0.4 is 20.1 Å². The summed E-state index contributed by atoms with van der Waals surface area (Å²) in [4.78, 5) is 0.912. The van der Waals surface area contributed by atoms with Crippen molar-refractivity contribution in [3.63, 3.8) is 0 Å². The fraction of sp³-hybridized carbons (Fsp3) is 0.250. The molecule has 0 spiro atoms. The predicted molar refractivity (Wildman–Crippen MR) is 120 cm³/mol. The standard InChI is InChI=1S/C16H18O2P2S4/c1-17-11-3-7-13(8-4-11)20(22,16-15(21)19(20)24-23-16)14-9-5-12(18-2)6-10-14/h3-10,15-16,21-22H,1-2H3. The van der Waals surface area contributed by atoms with Crippen LogP contribution >= 0.6 is 58.4 Å². The summed E-state index contributed by atoms with van der Waals surface area (Å²) in [6.07, 6.45) is 0. The van der Waals surface area contributed by atoms with E-state index in [2.05, 4.69) is 48.5 Å². The van der Waals surface area contributed by atoms with E-state index in [4.69, 9.17) is 34.4 Å². The molecule has 5 rings (SSSR count). The van der Waals surface area contributed by atoms with E-state index in [0.29, 0.717) is 9.98 Å². The van der Waals surface area contributed by atoms with Crippen LogP contribution in [0.3, 0.4) is 0 Å². The summed E-state index contributed by atoms with van der Waals surface area (Å²) in [7, 11) is 7.41. The molecule has 0 radical (unpaired) electrons. The minimum atomic E-state index is -2.53. The van der Waals surface area contributed by atoms with E-state index in [9.17, 15) is 0 Å². The Labute approximate surface area is 162 Å². The second-order valence-corrected chi connectivity index (χ2v) is 24.4. The first kappa shape index (κ1) is 17.7. The first-order valence-electron chi connectivity index (χ1n) is 7.41. The molecular weight excluding hydrogens is 414 g/mol. The van der Waals surface area contributed by atoms with E-state index >= 15 is 0 Å². The fourth-order valence-electron chi connectivity index (χ4n) is 3.40. The molecule has 3 atom stereocenters. The first-order valence-corrected chi connectivity index (χ1v) is 16.3. The third-order valence-corrected chi connectivity index (χ3v) is 36.0.